The fraction of sp³-hybridized carbons (Fsp3) is 0.538. The van der Waals surface area contributed by atoms with Crippen molar-refractivity contribution in [1.82, 2.24) is 25.1 Å². The third-order valence-corrected chi connectivity index (χ3v) is 3.01. The minimum atomic E-state index is -0.382. The van der Waals surface area contributed by atoms with E-state index in [1.165, 1.54) is 0 Å². The molecule has 2 rings (SSSR count). The Labute approximate surface area is 123 Å². The molecule has 8 heteroatoms. The Morgan fingerprint density at radius 2 is 2.19 bits per heavy atom. The van der Waals surface area contributed by atoms with Crippen molar-refractivity contribution in [2.75, 3.05) is 31.3 Å². The molecule has 1 unspecified atom stereocenters. The molecule has 3 N–H and O–H groups in total. The number of fused-ring (bicyclic) bond motifs is 1. The molecular formula is C13H21N7O. The van der Waals surface area contributed by atoms with Gasteiger partial charge in [-0.2, -0.15) is 15.1 Å². The van der Waals surface area contributed by atoms with Gasteiger partial charge < -0.3 is 15.5 Å². The molecule has 8 nitrogen and oxygen atoms in total. The smallest absolute Gasteiger partial charge is 0.244 e. The summed E-state index contributed by atoms with van der Waals surface area (Å²) < 4.78 is 0. The van der Waals surface area contributed by atoms with E-state index in [1.807, 2.05) is 0 Å². The van der Waals surface area contributed by atoms with Gasteiger partial charge in [0.1, 0.15) is 11.9 Å². The van der Waals surface area contributed by atoms with Crippen molar-refractivity contribution in [3.05, 3.63) is 6.20 Å². The maximum Gasteiger partial charge on any atom is 0.244 e. The largest absolute Gasteiger partial charge is 0.358 e. The first-order valence-electron chi connectivity index (χ1n) is 6.95. The molecule has 114 valence electrons. The minimum Gasteiger partial charge on any atom is -0.358 e. The quantitative estimate of drug-likeness (QED) is 0.736. The Bertz CT molecular complexity index is 622. The van der Waals surface area contributed by atoms with Crippen molar-refractivity contribution in [3.63, 3.8) is 0 Å². The van der Waals surface area contributed by atoms with Gasteiger partial charge in [0.05, 0.1) is 11.6 Å². The number of anilines is 2. The zero-order valence-electron chi connectivity index (χ0n) is 12.8. The van der Waals surface area contributed by atoms with Crippen molar-refractivity contribution in [2.24, 2.45) is 0 Å². The van der Waals surface area contributed by atoms with E-state index < -0.39 is 0 Å². The Kier molecular flexibility index (Phi) is 4.56. The van der Waals surface area contributed by atoms with Gasteiger partial charge in [-0.1, -0.05) is 6.92 Å². The van der Waals surface area contributed by atoms with Gasteiger partial charge in [-0.3, -0.25) is 9.89 Å². The normalized spacial score (nSPS) is 12.2. The second-order valence-electron chi connectivity index (χ2n) is 5.05. The Balaban J connectivity index is 2.28. The highest BCUT2D eigenvalue weighted by molar-refractivity contribution is 5.90. The lowest BCUT2D eigenvalue weighted by molar-refractivity contribution is -0.129. The number of rotatable bonds is 6. The van der Waals surface area contributed by atoms with Crippen molar-refractivity contribution in [3.8, 4) is 0 Å². The van der Waals surface area contributed by atoms with E-state index in [2.05, 4.69) is 37.7 Å². The Hall–Kier alpha value is -2.38. The topological polar surface area (TPSA) is 98.8 Å². The molecule has 0 spiro atoms. The first kappa shape index (κ1) is 15.0. The zero-order valence-corrected chi connectivity index (χ0v) is 12.8. The molecule has 2 aromatic heterocycles. The van der Waals surface area contributed by atoms with Gasteiger partial charge in [-0.05, 0) is 13.3 Å². The van der Waals surface area contributed by atoms with Crippen molar-refractivity contribution >= 4 is 28.7 Å². The van der Waals surface area contributed by atoms with E-state index in [-0.39, 0.29) is 11.9 Å². The van der Waals surface area contributed by atoms with Crippen molar-refractivity contribution in [1.29, 1.82) is 0 Å². The Morgan fingerprint density at radius 3 is 2.86 bits per heavy atom. The van der Waals surface area contributed by atoms with Crippen LogP contribution in [0.2, 0.25) is 0 Å². The number of carbonyl (C=O) groups is 1. The van der Waals surface area contributed by atoms with Crippen LogP contribution in [0.1, 0.15) is 20.3 Å². The zero-order chi connectivity index (χ0) is 15.4. The van der Waals surface area contributed by atoms with Crippen LogP contribution in [0.5, 0.6) is 0 Å². The second-order valence-corrected chi connectivity index (χ2v) is 5.05. The lowest BCUT2D eigenvalue weighted by Crippen LogP contribution is -2.36. The summed E-state index contributed by atoms with van der Waals surface area (Å²) in [5.41, 5.74) is 0.635. The molecular weight excluding hydrogens is 270 g/mol. The average molecular weight is 291 g/mol. The van der Waals surface area contributed by atoms with Gasteiger partial charge >= 0.3 is 0 Å². The molecule has 2 aromatic rings. The summed E-state index contributed by atoms with van der Waals surface area (Å²) in [5, 5.41) is 13.8. The van der Waals surface area contributed by atoms with Gasteiger partial charge in [-0.25, -0.2) is 0 Å². The van der Waals surface area contributed by atoms with E-state index >= 15 is 0 Å². The molecule has 2 heterocycles. The van der Waals surface area contributed by atoms with E-state index in [9.17, 15) is 4.79 Å². The van der Waals surface area contributed by atoms with Crippen LogP contribution >= 0.6 is 0 Å². The summed E-state index contributed by atoms with van der Waals surface area (Å²) in [6, 6.07) is -0.382. The molecule has 0 aliphatic carbocycles. The molecule has 1 atom stereocenters. The second kappa shape index (κ2) is 6.38. The predicted molar refractivity (Wildman–Crippen MR) is 82.2 cm³/mol. The summed E-state index contributed by atoms with van der Waals surface area (Å²) in [5.74, 6) is 1.09. The number of nitrogens with one attached hydrogen (secondary N) is 3. The van der Waals surface area contributed by atoms with Gasteiger partial charge in [-0.15, -0.1) is 0 Å². The number of carbonyl (C=O) groups excluding carboxylic acids is 1. The first-order chi connectivity index (χ1) is 10.0. The van der Waals surface area contributed by atoms with Crippen LogP contribution in [0.25, 0.3) is 11.0 Å². The van der Waals surface area contributed by atoms with Gasteiger partial charge in [0.2, 0.25) is 11.9 Å². The highest BCUT2D eigenvalue weighted by Crippen LogP contribution is 2.20. The number of nitrogens with zero attached hydrogens (tertiary/aromatic N) is 4. The SMILES string of the molecule is CCCNc1nc(NC(C)C(=O)N(C)C)c2cn[nH]c2n1. The fourth-order valence-corrected chi connectivity index (χ4v) is 1.91. The summed E-state index contributed by atoms with van der Waals surface area (Å²) in [7, 11) is 3.45. The number of likely N-dealkylation sites (N-methyl/N-ethyl adjacent to an activating group) is 1. The predicted octanol–water partition coefficient (Wildman–Crippen LogP) is 1.06. The summed E-state index contributed by atoms with van der Waals surface area (Å²) in [4.78, 5) is 22.3. The molecule has 21 heavy (non-hydrogen) atoms. The molecule has 0 aliphatic heterocycles. The number of aromatic amines is 1. The minimum absolute atomic E-state index is 0.0201. The molecule has 0 aliphatic rings. The molecule has 1 amide bonds. The number of aromatic nitrogens is 4. The standard InChI is InChI=1S/C13H21N7O/c1-5-6-14-13-17-10(9-7-15-19-11(9)18-13)16-8(2)12(21)20(3)4/h7-8H,5-6H2,1-4H3,(H3,14,15,16,17,18,19). The van der Waals surface area contributed by atoms with E-state index in [0.717, 1.165) is 18.4 Å². The molecule has 0 saturated carbocycles. The summed E-state index contributed by atoms with van der Waals surface area (Å²) in [6.07, 6.45) is 2.62. The van der Waals surface area contributed by atoms with Crippen molar-refractivity contribution in [2.45, 2.75) is 26.3 Å². The Morgan fingerprint density at radius 1 is 1.43 bits per heavy atom. The number of hydrogen-bond acceptors (Lipinski definition) is 6. The van der Waals surface area contributed by atoms with Crippen LogP contribution in [-0.4, -0.2) is 57.7 Å². The van der Waals surface area contributed by atoms with E-state index in [0.29, 0.717) is 17.4 Å². The lowest BCUT2D eigenvalue weighted by atomic mass is 10.3. The van der Waals surface area contributed by atoms with Crippen LogP contribution < -0.4 is 10.6 Å². The molecule has 0 saturated heterocycles. The average Bonchev–Trinajstić information content (AvgIpc) is 2.92. The number of hydrogen-bond donors (Lipinski definition) is 3. The first-order valence-corrected chi connectivity index (χ1v) is 6.95. The maximum absolute atomic E-state index is 12.0. The lowest BCUT2D eigenvalue weighted by Gasteiger charge is -2.19. The van der Waals surface area contributed by atoms with E-state index in [1.54, 1.807) is 32.1 Å². The van der Waals surface area contributed by atoms with Gasteiger partial charge in [0.15, 0.2) is 5.65 Å². The van der Waals surface area contributed by atoms with Crippen LogP contribution in [0.15, 0.2) is 6.20 Å². The highest BCUT2D eigenvalue weighted by Gasteiger charge is 2.17. The van der Waals surface area contributed by atoms with Crippen molar-refractivity contribution < 1.29 is 4.79 Å². The molecule has 0 aromatic carbocycles. The van der Waals surface area contributed by atoms with Gasteiger partial charge in [0, 0.05) is 20.6 Å². The molecule has 0 bridgehead atoms. The fourth-order valence-electron chi connectivity index (χ4n) is 1.91. The summed E-state index contributed by atoms with van der Waals surface area (Å²) >= 11 is 0. The van der Waals surface area contributed by atoms with Crippen LogP contribution in [-0.2, 0) is 4.79 Å². The monoisotopic (exact) mass is 291 g/mol. The summed E-state index contributed by atoms with van der Waals surface area (Å²) in [6.45, 7) is 4.65. The highest BCUT2D eigenvalue weighted by atomic mass is 16.2. The number of amides is 1. The van der Waals surface area contributed by atoms with Crippen LogP contribution in [0.4, 0.5) is 11.8 Å². The van der Waals surface area contributed by atoms with Gasteiger partial charge in [0.25, 0.3) is 0 Å². The van der Waals surface area contributed by atoms with Crippen LogP contribution in [0, 0.1) is 0 Å². The number of H-pyrrole nitrogens is 1. The maximum atomic E-state index is 12.0. The third kappa shape index (κ3) is 3.39. The van der Waals surface area contributed by atoms with Crippen LogP contribution in [0.3, 0.4) is 0 Å². The molecule has 0 radical (unpaired) electrons. The third-order valence-electron chi connectivity index (χ3n) is 3.01. The molecule has 0 fully saturated rings. The van der Waals surface area contributed by atoms with E-state index in [4.69, 9.17) is 0 Å².